The smallest absolute Gasteiger partial charge is 0.224 e. The first-order chi connectivity index (χ1) is 9.24. The second-order valence-electron chi connectivity index (χ2n) is 4.95. The van der Waals surface area contributed by atoms with E-state index >= 15 is 0 Å². The van der Waals surface area contributed by atoms with Crippen molar-refractivity contribution in [2.75, 3.05) is 5.32 Å². The fourth-order valence-electron chi connectivity index (χ4n) is 2.57. The minimum absolute atomic E-state index is 0.276. The number of rotatable bonds is 2. The molecular formula is C15H16ClN3. The van der Waals surface area contributed by atoms with Gasteiger partial charge in [0.05, 0.1) is 0 Å². The molecule has 0 unspecified atom stereocenters. The van der Waals surface area contributed by atoms with E-state index in [0.717, 1.165) is 23.5 Å². The van der Waals surface area contributed by atoms with E-state index in [-0.39, 0.29) is 5.28 Å². The summed E-state index contributed by atoms with van der Waals surface area (Å²) in [6, 6.07) is 6.43. The number of anilines is 2. The van der Waals surface area contributed by atoms with Crippen LogP contribution in [0.4, 0.5) is 11.5 Å². The van der Waals surface area contributed by atoms with Crippen molar-refractivity contribution in [2.24, 2.45) is 0 Å². The van der Waals surface area contributed by atoms with Gasteiger partial charge in [-0.1, -0.05) is 12.1 Å². The van der Waals surface area contributed by atoms with Crippen molar-refractivity contribution in [2.45, 2.75) is 32.6 Å². The maximum absolute atomic E-state index is 5.86. The van der Waals surface area contributed by atoms with Crippen LogP contribution in [0.5, 0.6) is 0 Å². The highest BCUT2D eigenvalue weighted by atomic mass is 35.5. The Labute approximate surface area is 118 Å². The monoisotopic (exact) mass is 273 g/mol. The Kier molecular flexibility index (Phi) is 3.38. The zero-order valence-electron chi connectivity index (χ0n) is 10.9. The first kappa shape index (κ1) is 12.4. The Bertz CT molecular complexity index is 610. The Balaban J connectivity index is 1.97. The molecule has 1 aliphatic rings. The van der Waals surface area contributed by atoms with Crippen LogP contribution in [0.15, 0.2) is 24.4 Å². The summed E-state index contributed by atoms with van der Waals surface area (Å²) in [5, 5.41) is 3.68. The Morgan fingerprint density at radius 2 is 2.05 bits per heavy atom. The zero-order chi connectivity index (χ0) is 13.2. The fraction of sp³-hybridized carbons (Fsp3) is 0.333. The van der Waals surface area contributed by atoms with Crippen molar-refractivity contribution < 1.29 is 0 Å². The lowest BCUT2D eigenvalue weighted by Crippen LogP contribution is -2.07. The minimum atomic E-state index is 0.276. The zero-order valence-corrected chi connectivity index (χ0v) is 11.7. The molecule has 0 fully saturated rings. The van der Waals surface area contributed by atoms with Crippen LogP contribution in [-0.4, -0.2) is 9.97 Å². The van der Waals surface area contributed by atoms with Crippen LogP contribution >= 0.6 is 11.6 Å². The Hall–Kier alpha value is -1.61. The average molecular weight is 274 g/mol. The molecule has 1 aromatic carbocycles. The van der Waals surface area contributed by atoms with Gasteiger partial charge in [0, 0.05) is 17.4 Å². The van der Waals surface area contributed by atoms with E-state index in [1.165, 1.54) is 30.4 Å². The fourth-order valence-corrected chi connectivity index (χ4v) is 2.71. The third kappa shape index (κ3) is 2.56. The van der Waals surface area contributed by atoms with E-state index in [0.29, 0.717) is 0 Å². The molecule has 0 bridgehead atoms. The molecule has 3 rings (SSSR count). The molecule has 2 aromatic rings. The number of benzene rings is 1. The quantitative estimate of drug-likeness (QED) is 0.839. The van der Waals surface area contributed by atoms with Crippen molar-refractivity contribution in [3.63, 3.8) is 0 Å². The molecule has 0 radical (unpaired) electrons. The van der Waals surface area contributed by atoms with Crippen LogP contribution in [0.2, 0.25) is 5.28 Å². The predicted octanol–water partition coefficient (Wildman–Crippen LogP) is 4.06. The summed E-state index contributed by atoms with van der Waals surface area (Å²) in [4.78, 5) is 8.24. The molecule has 3 nitrogen and oxygen atoms in total. The molecule has 0 saturated heterocycles. The van der Waals surface area contributed by atoms with Crippen LogP contribution in [0.25, 0.3) is 0 Å². The van der Waals surface area contributed by atoms with Gasteiger partial charge in [-0.05, 0) is 61.4 Å². The van der Waals surface area contributed by atoms with E-state index in [4.69, 9.17) is 11.6 Å². The number of aromatic nitrogens is 2. The lowest BCUT2D eigenvalue weighted by atomic mass is 9.90. The van der Waals surface area contributed by atoms with Crippen molar-refractivity contribution >= 4 is 23.1 Å². The first-order valence-corrected chi connectivity index (χ1v) is 6.99. The van der Waals surface area contributed by atoms with Gasteiger partial charge in [-0.25, -0.2) is 9.97 Å². The van der Waals surface area contributed by atoms with Gasteiger partial charge in [-0.15, -0.1) is 0 Å². The maximum atomic E-state index is 5.86. The van der Waals surface area contributed by atoms with Crippen molar-refractivity contribution in [1.82, 2.24) is 9.97 Å². The van der Waals surface area contributed by atoms with Crippen molar-refractivity contribution in [3.8, 4) is 0 Å². The molecular weight excluding hydrogens is 258 g/mol. The van der Waals surface area contributed by atoms with Crippen LogP contribution < -0.4 is 5.32 Å². The number of nitrogens with zero attached hydrogens (tertiary/aromatic N) is 2. The van der Waals surface area contributed by atoms with E-state index in [9.17, 15) is 0 Å². The highest BCUT2D eigenvalue weighted by molar-refractivity contribution is 6.28. The summed E-state index contributed by atoms with van der Waals surface area (Å²) in [5.74, 6) is 0.791. The molecule has 1 aromatic heterocycles. The number of fused-ring (bicyclic) bond motifs is 1. The standard InChI is InChI=1S/C15H16ClN3/c1-10-9-17-15(16)19-14(10)18-13-8-4-6-11-5-2-3-7-12(11)13/h4,6,8-9H,2-3,5,7H2,1H3,(H,17,18,19). The molecule has 0 atom stereocenters. The molecule has 0 saturated carbocycles. The third-order valence-corrected chi connectivity index (χ3v) is 3.77. The number of hydrogen-bond acceptors (Lipinski definition) is 3. The Morgan fingerprint density at radius 3 is 2.95 bits per heavy atom. The second-order valence-corrected chi connectivity index (χ2v) is 5.28. The van der Waals surface area contributed by atoms with Gasteiger partial charge in [0.25, 0.3) is 0 Å². The normalized spacial score (nSPS) is 14.0. The van der Waals surface area contributed by atoms with Gasteiger partial charge in [0.15, 0.2) is 0 Å². The summed E-state index contributed by atoms with van der Waals surface area (Å²) >= 11 is 5.86. The molecule has 0 aliphatic heterocycles. The van der Waals surface area contributed by atoms with Crippen LogP contribution in [0, 0.1) is 6.92 Å². The molecule has 1 heterocycles. The average Bonchev–Trinajstić information content (AvgIpc) is 2.43. The molecule has 98 valence electrons. The first-order valence-electron chi connectivity index (χ1n) is 6.61. The van der Waals surface area contributed by atoms with E-state index in [1.807, 2.05) is 6.92 Å². The highest BCUT2D eigenvalue weighted by Gasteiger charge is 2.13. The molecule has 19 heavy (non-hydrogen) atoms. The highest BCUT2D eigenvalue weighted by Crippen LogP contribution is 2.30. The van der Waals surface area contributed by atoms with Gasteiger partial charge >= 0.3 is 0 Å². The van der Waals surface area contributed by atoms with Crippen LogP contribution in [-0.2, 0) is 12.8 Å². The summed E-state index contributed by atoms with van der Waals surface area (Å²) in [5.41, 5.74) is 5.02. The maximum Gasteiger partial charge on any atom is 0.224 e. The van der Waals surface area contributed by atoms with Gasteiger partial charge < -0.3 is 5.32 Å². The summed E-state index contributed by atoms with van der Waals surface area (Å²) in [6.45, 7) is 1.98. The van der Waals surface area contributed by atoms with Gasteiger partial charge in [0.2, 0.25) is 5.28 Å². The second kappa shape index (κ2) is 5.17. The van der Waals surface area contributed by atoms with E-state index < -0.39 is 0 Å². The van der Waals surface area contributed by atoms with Crippen LogP contribution in [0.3, 0.4) is 0 Å². The summed E-state index contributed by atoms with van der Waals surface area (Å²) < 4.78 is 0. The summed E-state index contributed by atoms with van der Waals surface area (Å²) in [7, 11) is 0. The lowest BCUT2D eigenvalue weighted by Gasteiger charge is -2.20. The molecule has 1 N–H and O–H groups in total. The number of hydrogen-bond donors (Lipinski definition) is 1. The van der Waals surface area contributed by atoms with E-state index in [2.05, 4.69) is 33.5 Å². The van der Waals surface area contributed by atoms with Gasteiger partial charge in [-0.2, -0.15) is 0 Å². The predicted molar refractivity (Wildman–Crippen MR) is 78.1 cm³/mol. The number of halogens is 1. The number of nitrogens with one attached hydrogen (secondary N) is 1. The topological polar surface area (TPSA) is 37.8 Å². The van der Waals surface area contributed by atoms with Gasteiger partial charge in [0.1, 0.15) is 5.82 Å². The van der Waals surface area contributed by atoms with Crippen LogP contribution in [0.1, 0.15) is 29.5 Å². The SMILES string of the molecule is Cc1cnc(Cl)nc1Nc1cccc2c1CCCC2. The Morgan fingerprint density at radius 1 is 1.21 bits per heavy atom. The molecule has 0 spiro atoms. The number of aryl methyl sites for hydroxylation is 2. The lowest BCUT2D eigenvalue weighted by molar-refractivity contribution is 0.687. The minimum Gasteiger partial charge on any atom is -0.340 e. The molecule has 1 aliphatic carbocycles. The van der Waals surface area contributed by atoms with Crippen molar-refractivity contribution in [3.05, 3.63) is 46.4 Å². The third-order valence-electron chi connectivity index (χ3n) is 3.59. The largest absolute Gasteiger partial charge is 0.340 e. The van der Waals surface area contributed by atoms with Crippen molar-refractivity contribution in [1.29, 1.82) is 0 Å². The molecule has 0 amide bonds. The summed E-state index contributed by atoms with van der Waals surface area (Å²) in [6.07, 6.45) is 6.60. The molecule has 4 heteroatoms. The van der Waals surface area contributed by atoms with Gasteiger partial charge in [-0.3, -0.25) is 0 Å². The van der Waals surface area contributed by atoms with E-state index in [1.54, 1.807) is 6.20 Å².